The molecule has 1 amide bonds. The molecule has 0 bridgehead atoms. The number of fused-ring (bicyclic) bond motifs is 1. The van der Waals surface area contributed by atoms with E-state index in [0.717, 1.165) is 94.5 Å². The van der Waals surface area contributed by atoms with Crippen LogP contribution in [0.2, 0.25) is 0 Å². The van der Waals surface area contributed by atoms with Crippen molar-refractivity contribution in [1.29, 1.82) is 0 Å². The SMILES string of the molecule is CC(C)c1ccccc1C1CN(Cc2cc(F)cc(F)c2)CCN1C1CC2(CCN(c3ccc(C(=O)NS(=O)(=O)c4ccc(NC[C@H]5CC[C@](C)(O)CC5)c([N+](=O)[O-])c4)c(Oc4cnc5[nH]ccc5c4)c3)CC2)C1. The number of aromatic amines is 1. The van der Waals surface area contributed by atoms with Gasteiger partial charge in [-0.2, -0.15) is 0 Å². The van der Waals surface area contributed by atoms with Crippen LogP contribution in [0.5, 0.6) is 11.5 Å². The molecular formula is C56H64F2N8O7S. The van der Waals surface area contributed by atoms with Crippen molar-refractivity contribution < 1.29 is 36.8 Å². The van der Waals surface area contributed by atoms with Crippen LogP contribution in [0.25, 0.3) is 11.0 Å². The summed E-state index contributed by atoms with van der Waals surface area (Å²) in [6.45, 7) is 11.0. The number of nitrogens with zero attached hydrogens (tertiary/aromatic N) is 5. The van der Waals surface area contributed by atoms with Gasteiger partial charge < -0.3 is 25.0 Å². The highest BCUT2D eigenvalue weighted by molar-refractivity contribution is 7.90. The van der Waals surface area contributed by atoms with E-state index in [2.05, 4.69) is 72.8 Å². The van der Waals surface area contributed by atoms with Crippen molar-refractivity contribution in [2.24, 2.45) is 11.3 Å². The summed E-state index contributed by atoms with van der Waals surface area (Å²) in [5.74, 6) is -1.15. The number of anilines is 2. The number of halogens is 2. The summed E-state index contributed by atoms with van der Waals surface area (Å²) < 4.78 is 64.6. The highest BCUT2D eigenvalue weighted by Gasteiger charge is 2.50. The smallest absolute Gasteiger partial charge is 0.293 e. The molecule has 2 saturated heterocycles. The van der Waals surface area contributed by atoms with Crippen molar-refractivity contribution in [2.75, 3.05) is 49.5 Å². The number of pyridine rings is 1. The van der Waals surface area contributed by atoms with E-state index in [1.165, 1.54) is 41.6 Å². The fourth-order valence-corrected chi connectivity index (χ4v) is 12.9. The third-order valence-electron chi connectivity index (χ3n) is 16.1. The minimum absolute atomic E-state index is 0.0576. The van der Waals surface area contributed by atoms with E-state index in [9.17, 15) is 37.2 Å². The predicted octanol–water partition coefficient (Wildman–Crippen LogP) is 10.4. The first-order chi connectivity index (χ1) is 35.4. The van der Waals surface area contributed by atoms with E-state index in [1.54, 1.807) is 37.4 Å². The lowest BCUT2D eigenvalue weighted by atomic mass is 9.59. The minimum atomic E-state index is -4.61. The number of amides is 1. The molecule has 74 heavy (non-hydrogen) atoms. The maximum Gasteiger partial charge on any atom is 0.293 e. The number of hydrogen-bond acceptors (Lipinski definition) is 12. The number of aliphatic hydroxyl groups is 1. The van der Waals surface area contributed by atoms with Crippen LogP contribution in [0.1, 0.15) is 111 Å². The van der Waals surface area contributed by atoms with Crippen LogP contribution in [0.4, 0.5) is 25.8 Å². The summed E-state index contributed by atoms with van der Waals surface area (Å²) in [6, 6.07) is 25.1. The summed E-state index contributed by atoms with van der Waals surface area (Å²) in [6.07, 6.45) is 10.0. The lowest BCUT2D eigenvalue weighted by Gasteiger charge is -2.58. The molecule has 10 rings (SSSR count). The Kier molecular flexibility index (Phi) is 14.3. The number of carbonyl (C=O) groups excluding carboxylic acids is 1. The van der Waals surface area contributed by atoms with Crippen LogP contribution in [0.3, 0.4) is 0 Å². The van der Waals surface area contributed by atoms with Gasteiger partial charge in [0.05, 0.1) is 27.2 Å². The molecule has 2 aromatic heterocycles. The molecule has 18 heteroatoms. The third kappa shape index (κ3) is 11.1. The highest BCUT2D eigenvalue weighted by Crippen LogP contribution is 2.53. The number of H-pyrrole nitrogens is 1. The Morgan fingerprint density at radius 1 is 0.946 bits per heavy atom. The normalized spacial score (nSPS) is 21.7. The largest absolute Gasteiger partial charge is 0.455 e. The van der Waals surface area contributed by atoms with Gasteiger partial charge in [-0.1, -0.05) is 38.1 Å². The first-order valence-electron chi connectivity index (χ1n) is 25.7. The summed E-state index contributed by atoms with van der Waals surface area (Å²) in [5.41, 5.74) is 3.78. The van der Waals surface area contributed by atoms with E-state index in [0.29, 0.717) is 54.9 Å². The molecule has 4 N–H and O–H groups in total. The fraction of sp³-hybridized carbons (Fsp3) is 0.429. The second-order valence-corrected chi connectivity index (χ2v) is 23.3. The summed E-state index contributed by atoms with van der Waals surface area (Å²) in [7, 11) is -4.61. The number of nitro groups is 1. The Bertz CT molecular complexity index is 3140. The number of ether oxygens (including phenoxy) is 1. The van der Waals surface area contributed by atoms with Crippen LogP contribution in [0.15, 0.2) is 108 Å². The van der Waals surface area contributed by atoms with Gasteiger partial charge in [0, 0.05) is 93.4 Å². The van der Waals surface area contributed by atoms with E-state index in [1.807, 2.05) is 6.07 Å². The zero-order valence-electron chi connectivity index (χ0n) is 42.0. The molecule has 1 atom stereocenters. The van der Waals surface area contributed by atoms with Gasteiger partial charge in [-0.3, -0.25) is 24.7 Å². The number of benzene rings is 4. The lowest BCUT2D eigenvalue weighted by molar-refractivity contribution is -0.384. The lowest BCUT2D eigenvalue weighted by Crippen LogP contribution is -2.60. The molecule has 4 aromatic carbocycles. The molecule has 2 saturated carbocycles. The van der Waals surface area contributed by atoms with Gasteiger partial charge in [0.15, 0.2) is 0 Å². The monoisotopic (exact) mass is 1030 g/mol. The van der Waals surface area contributed by atoms with Crippen molar-refractivity contribution in [3.05, 3.63) is 147 Å². The van der Waals surface area contributed by atoms with Crippen LogP contribution < -0.4 is 19.7 Å². The van der Waals surface area contributed by atoms with Crippen molar-refractivity contribution in [3.63, 3.8) is 0 Å². The van der Waals surface area contributed by atoms with Crippen LogP contribution >= 0.6 is 0 Å². The maximum atomic E-state index is 14.2. The Balaban J connectivity index is 0.833. The van der Waals surface area contributed by atoms with Crippen molar-refractivity contribution >= 4 is 44.0 Å². The van der Waals surface area contributed by atoms with E-state index in [4.69, 9.17) is 4.74 Å². The standard InChI is InChI=1S/C56H64F2N8O7S/c1-36(2)46-6-4-5-7-47(46)51-35-63(34-38-24-40(57)27-41(58)25-38)22-23-65(51)43-30-56(31-43)17-20-64(21-18-56)42-8-10-48(52(28-42)73-44-26-39-14-19-59-53(39)61-33-44)54(67)62-74(71,72)45-9-11-49(50(29-45)66(69)70)60-32-37-12-15-55(3,68)16-13-37/h4-11,14,19,24-29,33,36-37,43,51,60,68H,12-13,15-18,20-23,30-32,34-35H2,1-3H3,(H,59,61)(H,62,67)/t37-,51?,55-. The van der Waals surface area contributed by atoms with Gasteiger partial charge in [0.2, 0.25) is 0 Å². The van der Waals surface area contributed by atoms with Gasteiger partial charge in [0.25, 0.3) is 21.6 Å². The van der Waals surface area contributed by atoms with Crippen LogP contribution in [0, 0.1) is 33.1 Å². The second kappa shape index (κ2) is 20.7. The molecule has 2 aliphatic carbocycles. The quantitative estimate of drug-likeness (QED) is 0.0564. The molecule has 1 spiro atoms. The third-order valence-corrected chi connectivity index (χ3v) is 17.4. The van der Waals surface area contributed by atoms with Gasteiger partial charge in [-0.15, -0.1) is 0 Å². The summed E-state index contributed by atoms with van der Waals surface area (Å²) in [5, 5.41) is 26.4. The first-order valence-corrected chi connectivity index (χ1v) is 27.2. The Hall–Kier alpha value is -6.47. The zero-order valence-corrected chi connectivity index (χ0v) is 42.8. The molecule has 4 aliphatic rings. The number of hydrogen-bond donors (Lipinski definition) is 4. The number of piperazine rings is 1. The second-order valence-electron chi connectivity index (χ2n) is 21.7. The number of nitro benzene ring substituents is 1. The number of piperidine rings is 1. The maximum absolute atomic E-state index is 14.2. The average Bonchev–Trinajstić information content (AvgIpc) is 3.83. The molecule has 1 unspecified atom stereocenters. The minimum Gasteiger partial charge on any atom is -0.455 e. The van der Waals surface area contributed by atoms with Gasteiger partial charge in [-0.05, 0) is 141 Å². The molecule has 4 fully saturated rings. The molecule has 6 aromatic rings. The van der Waals surface area contributed by atoms with Crippen LogP contribution in [-0.2, 0) is 16.6 Å². The Labute approximate surface area is 430 Å². The summed E-state index contributed by atoms with van der Waals surface area (Å²) >= 11 is 0. The van der Waals surface area contributed by atoms with Gasteiger partial charge in [0.1, 0.15) is 34.5 Å². The Morgan fingerprint density at radius 2 is 1.69 bits per heavy atom. The number of carbonyl (C=O) groups is 1. The molecule has 15 nitrogen and oxygen atoms in total. The molecule has 0 radical (unpaired) electrons. The highest BCUT2D eigenvalue weighted by atomic mass is 32.2. The molecule has 2 aliphatic heterocycles. The average molecular weight is 1030 g/mol. The van der Waals surface area contributed by atoms with Crippen molar-refractivity contribution in [1.82, 2.24) is 24.5 Å². The molecule has 4 heterocycles. The fourth-order valence-electron chi connectivity index (χ4n) is 11.9. The molecule has 390 valence electrons. The topological polar surface area (TPSA) is 186 Å². The zero-order chi connectivity index (χ0) is 51.9. The van der Waals surface area contributed by atoms with Gasteiger partial charge in [-0.25, -0.2) is 26.9 Å². The Morgan fingerprint density at radius 3 is 2.42 bits per heavy atom. The van der Waals surface area contributed by atoms with Gasteiger partial charge >= 0.3 is 0 Å². The van der Waals surface area contributed by atoms with E-state index >= 15 is 0 Å². The predicted molar refractivity (Wildman–Crippen MR) is 280 cm³/mol. The summed E-state index contributed by atoms with van der Waals surface area (Å²) in [4.78, 5) is 40.0. The number of aromatic nitrogens is 2. The first kappa shape index (κ1) is 51.0. The van der Waals surface area contributed by atoms with E-state index in [-0.39, 0.29) is 34.4 Å². The molecular weight excluding hydrogens is 967 g/mol. The number of rotatable bonds is 15. The van der Waals surface area contributed by atoms with Crippen molar-refractivity contribution in [2.45, 2.75) is 107 Å². The number of nitrogens with one attached hydrogen (secondary N) is 3. The van der Waals surface area contributed by atoms with Crippen molar-refractivity contribution in [3.8, 4) is 11.5 Å². The van der Waals surface area contributed by atoms with E-state index < -0.39 is 48.7 Å². The van der Waals surface area contributed by atoms with Crippen LogP contribution in [-0.4, -0.2) is 95.0 Å². The number of sulfonamides is 1.